The third kappa shape index (κ3) is 11.8. The molecule has 4 aromatic rings. The van der Waals surface area contributed by atoms with Crippen molar-refractivity contribution < 1.29 is 38.9 Å². The summed E-state index contributed by atoms with van der Waals surface area (Å²) < 4.78 is 10.4. The highest BCUT2D eigenvalue weighted by Crippen LogP contribution is 2.21. The second-order valence-electron chi connectivity index (χ2n) is 11.7. The van der Waals surface area contributed by atoms with Gasteiger partial charge in [-0.1, -0.05) is 85.8 Å². The van der Waals surface area contributed by atoms with Crippen LogP contribution in [0.25, 0.3) is 11.1 Å². The van der Waals surface area contributed by atoms with Gasteiger partial charge in [-0.2, -0.15) is 0 Å². The van der Waals surface area contributed by atoms with Crippen molar-refractivity contribution in [2.45, 2.75) is 38.3 Å². The van der Waals surface area contributed by atoms with Crippen molar-refractivity contribution in [3.8, 4) is 22.6 Å². The summed E-state index contributed by atoms with van der Waals surface area (Å²) in [6, 6.07) is 30.2. The number of carboxylic acid groups (broad SMARTS) is 2. The number of amides is 2. The van der Waals surface area contributed by atoms with Crippen LogP contribution in [-0.2, 0) is 38.4 Å². The van der Waals surface area contributed by atoms with Gasteiger partial charge in [-0.05, 0) is 64.9 Å². The zero-order chi connectivity index (χ0) is 35.2. The van der Waals surface area contributed by atoms with Gasteiger partial charge in [-0.3, -0.25) is 9.59 Å². The van der Waals surface area contributed by atoms with Crippen molar-refractivity contribution in [2.75, 3.05) is 19.8 Å². The fourth-order valence-electron chi connectivity index (χ4n) is 5.18. The number of carboxylic acids is 2. The van der Waals surface area contributed by atoms with Crippen LogP contribution in [0.5, 0.6) is 11.5 Å². The largest absolute Gasteiger partial charge is 0.482 e. The van der Waals surface area contributed by atoms with Gasteiger partial charge >= 0.3 is 11.9 Å². The summed E-state index contributed by atoms with van der Waals surface area (Å²) in [5.41, 5.74) is 10.7. The normalized spacial score (nSPS) is 12.6. The Morgan fingerprint density at radius 2 is 1.08 bits per heavy atom. The van der Waals surface area contributed by atoms with Gasteiger partial charge in [0.2, 0.25) is 11.8 Å². The molecule has 0 unspecified atom stereocenters. The number of carbonyl (C=O) groups is 4. The SMILES string of the molecule is C[C@@H](Cc1ccc(OCC(=O)O)cc1)C(=O)N[C@@H](Cc1ccc(-c2ccccc2)cc1)C(=O)N[C@H](CN)Cc1ccc(OCC(=O)O)cc1. The summed E-state index contributed by atoms with van der Waals surface area (Å²) in [7, 11) is 0. The third-order valence-electron chi connectivity index (χ3n) is 7.81. The van der Waals surface area contributed by atoms with Gasteiger partial charge in [-0.15, -0.1) is 0 Å². The number of hydrogen-bond donors (Lipinski definition) is 5. The molecule has 4 rings (SSSR count). The smallest absolute Gasteiger partial charge is 0.341 e. The number of rotatable bonds is 18. The second-order valence-corrected chi connectivity index (χ2v) is 11.7. The van der Waals surface area contributed by atoms with E-state index in [1.54, 1.807) is 55.5 Å². The number of aliphatic carboxylic acids is 2. The molecule has 11 heteroatoms. The molecule has 4 aromatic carbocycles. The van der Waals surface area contributed by atoms with E-state index >= 15 is 0 Å². The molecule has 0 radical (unpaired) electrons. The van der Waals surface area contributed by atoms with E-state index in [0.717, 1.165) is 27.8 Å². The summed E-state index contributed by atoms with van der Waals surface area (Å²) in [6.07, 6.45) is 1.06. The molecule has 0 aliphatic heterocycles. The van der Waals surface area contributed by atoms with E-state index in [4.69, 9.17) is 25.4 Å². The van der Waals surface area contributed by atoms with Gasteiger partial charge in [0.1, 0.15) is 17.5 Å². The van der Waals surface area contributed by atoms with Crippen LogP contribution >= 0.6 is 0 Å². The predicted molar refractivity (Wildman–Crippen MR) is 184 cm³/mol. The zero-order valence-corrected chi connectivity index (χ0v) is 27.2. The maximum atomic E-state index is 13.7. The minimum atomic E-state index is -1.07. The second kappa shape index (κ2) is 18.0. The Hall–Kier alpha value is -5.68. The summed E-state index contributed by atoms with van der Waals surface area (Å²) in [5.74, 6) is -2.47. The molecule has 0 bridgehead atoms. The molecule has 0 spiro atoms. The maximum Gasteiger partial charge on any atom is 0.341 e. The molecule has 2 amide bonds. The van der Waals surface area contributed by atoms with Crippen LogP contribution in [0.15, 0.2) is 103 Å². The summed E-state index contributed by atoms with van der Waals surface area (Å²) >= 11 is 0. The van der Waals surface area contributed by atoms with Crippen LogP contribution < -0.4 is 25.8 Å². The molecule has 49 heavy (non-hydrogen) atoms. The quantitative estimate of drug-likeness (QED) is 0.105. The Morgan fingerprint density at radius 3 is 1.59 bits per heavy atom. The number of carbonyl (C=O) groups excluding carboxylic acids is 2. The van der Waals surface area contributed by atoms with Crippen molar-refractivity contribution in [2.24, 2.45) is 11.7 Å². The first-order valence-corrected chi connectivity index (χ1v) is 15.9. The van der Waals surface area contributed by atoms with Crippen molar-refractivity contribution >= 4 is 23.8 Å². The predicted octanol–water partition coefficient (Wildman–Crippen LogP) is 3.87. The number of nitrogens with two attached hydrogens (primary N) is 1. The molecule has 0 fully saturated rings. The Morgan fingerprint density at radius 1 is 0.612 bits per heavy atom. The maximum absolute atomic E-state index is 13.7. The number of benzene rings is 4. The molecule has 0 saturated heterocycles. The monoisotopic (exact) mass is 667 g/mol. The van der Waals surface area contributed by atoms with Gasteiger partial charge in [0.15, 0.2) is 13.2 Å². The number of ether oxygens (including phenoxy) is 2. The molecule has 0 aliphatic rings. The van der Waals surface area contributed by atoms with Gasteiger partial charge in [0.05, 0.1) is 0 Å². The molecule has 0 saturated carbocycles. The van der Waals surface area contributed by atoms with Gasteiger partial charge in [0, 0.05) is 24.9 Å². The molecular weight excluding hydrogens is 626 g/mol. The van der Waals surface area contributed by atoms with Crippen LogP contribution in [0.2, 0.25) is 0 Å². The van der Waals surface area contributed by atoms with Crippen LogP contribution in [-0.4, -0.2) is 65.8 Å². The van der Waals surface area contributed by atoms with E-state index in [0.29, 0.717) is 24.3 Å². The molecule has 0 heterocycles. The zero-order valence-electron chi connectivity index (χ0n) is 27.2. The van der Waals surface area contributed by atoms with Crippen molar-refractivity contribution in [1.82, 2.24) is 10.6 Å². The van der Waals surface area contributed by atoms with Crippen molar-refractivity contribution in [3.63, 3.8) is 0 Å². The Kier molecular flexibility index (Phi) is 13.3. The number of hydrogen-bond acceptors (Lipinski definition) is 7. The Bertz CT molecular complexity index is 1680. The first-order valence-electron chi connectivity index (χ1n) is 15.9. The van der Waals surface area contributed by atoms with Gasteiger partial charge in [-0.25, -0.2) is 9.59 Å². The van der Waals surface area contributed by atoms with E-state index < -0.39 is 43.2 Å². The lowest BCUT2D eigenvalue weighted by Crippen LogP contribution is -2.53. The fourth-order valence-corrected chi connectivity index (χ4v) is 5.18. The van der Waals surface area contributed by atoms with Gasteiger partial charge in [0.25, 0.3) is 0 Å². The lowest BCUT2D eigenvalue weighted by atomic mass is 9.97. The topological polar surface area (TPSA) is 177 Å². The van der Waals surface area contributed by atoms with E-state index in [-0.39, 0.29) is 24.8 Å². The molecule has 256 valence electrons. The first-order chi connectivity index (χ1) is 23.6. The van der Waals surface area contributed by atoms with Gasteiger partial charge < -0.3 is 36.1 Å². The summed E-state index contributed by atoms with van der Waals surface area (Å²) in [4.78, 5) is 48.8. The van der Waals surface area contributed by atoms with Crippen molar-refractivity contribution in [3.05, 3.63) is 120 Å². The number of nitrogens with one attached hydrogen (secondary N) is 2. The third-order valence-corrected chi connectivity index (χ3v) is 7.81. The molecule has 0 aliphatic carbocycles. The molecule has 6 N–H and O–H groups in total. The molecular formula is C38H41N3O8. The first kappa shape index (κ1) is 36.2. The molecule has 11 nitrogen and oxygen atoms in total. The van der Waals surface area contributed by atoms with Crippen LogP contribution in [0.3, 0.4) is 0 Å². The standard InChI is InChI=1S/C38H41N3O8/c1-25(19-26-9-15-32(16-10-26)48-23-35(42)43)37(46)41-34(21-28-7-13-30(14-8-28)29-5-3-2-4-6-29)38(47)40-31(22-39)20-27-11-17-33(18-12-27)49-24-36(44)45/h2-18,25,31,34H,19-24,39H2,1H3,(H,40,47)(H,41,46)(H,42,43)(H,44,45)/t25-,31-,34-/m0/s1. The Balaban J connectivity index is 1.44. The minimum Gasteiger partial charge on any atom is -0.482 e. The fraction of sp³-hybridized carbons (Fsp3) is 0.263. The highest BCUT2D eigenvalue weighted by atomic mass is 16.5. The van der Waals surface area contributed by atoms with E-state index in [2.05, 4.69) is 10.6 Å². The lowest BCUT2D eigenvalue weighted by molar-refractivity contribution is -0.140. The van der Waals surface area contributed by atoms with E-state index in [9.17, 15) is 19.2 Å². The van der Waals surface area contributed by atoms with E-state index in [1.165, 1.54) is 0 Å². The van der Waals surface area contributed by atoms with Crippen molar-refractivity contribution in [1.29, 1.82) is 0 Å². The summed E-state index contributed by atoms with van der Waals surface area (Å²) in [6.45, 7) is 1.03. The van der Waals surface area contributed by atoms with E-state index in [1.807, 2.05) is 54.6 Å². The Labute approximate surface area is 285 Å². The average Bonchev–Trinajstić information content (AvgIpc) is 3.11. The lowest BCUT2D eigenvalue weighted by Gasteiger charge is -2.24. The average molecular weight is 668 g/mol. The molecule has 0 aromatic heterocycles. The molecule has 3 atom stereocenters. The summed E-state index contributed by atoms with van der Waals surface area (Å²) in [5, 5.41) is 23.6. The van der Waals surface area contributed by atoms with Crippen LogP contribution in [0, 0.1) is 5.92 Å². The van der Waals surface area contributed by atoms with Crippen LogP contribution in [0.1, 0.15) is 23.6 Å². The highest BCUT2D eigenvalue weighted by molar-refractivity contribution is 5.89. The highest BCUT2D eigenvalue weighted by Gasteiger charge is 2.26. The van der Waals surface area contributed by atoms with Crippen LogP contribution in [0.4, 0.5) is 0 Å². The minimum absolute atomic E-state index is 0.151.